The van der Waals surface area contributed by atoms with E-state index in [0.717, 1.165) is 5.56 Å². The second kappa shape index (κ2) is 8.60. The van der Waals surface area contributed by atoms with Gasteiger partial charge in [-0.3, -0.25) is 10.1 Å². The molecule has 3 aromatic rings. The van der Waals surface area contributed by atoms with Crippen molar-refractivity contribution in [3.63, 3.8) is 0 Å². The molecule has 0 aromatic heterocycles. The highest BCUT2D eigenvalue weighted by atomic mass is 16.6. The highest BCUT2D eigenvalue weighted by Gasteiger charge is 2.59. The Morgan fingerprint density at radius 3 is 2.09 bits per heavy atom. The van der Waals surface area contributed by atoms with E-state index >= 15 is 0 Å². The summed E-state index contributed by atoms with van der Waals surface area (Å²) in [6.07, 6.45) is 0. The Bertz CT molecular complexity index is 1260. The van der Waals surface area contributed by atoms with Gasteiger partial charge in [-0.15, -0.1) is 0 Å². The number of hydrogen-bond acceptors (Lipinski definition) is 6. The molecule has 0 saturated heterocycles. The molecule has 3 aromatic carbocycles. The number of non-ortho nitro benzene ring substituents is 1. The number of benzene rings is 3. The van der Waals surface area contributed by atoms with Gasteiger partial charge in [-0.2, -0.15) is 5.26 Å². The molecule has 7 heteroatoms. The largest absolute Gasteiger partial charge is 0.468 e. The minimum Gasteiger partial charge on any atom is -0.468 e. The Labute approximate surface area is 191 Å². The van der Waals surface area contributed by atoms with Gasteiger partial charge in [-0.1, -0.05) is 60.7 Å². The van der Waals surface area contributed by atoms with Crippen molar-refractivity contribution in [1.29, 1.82) is 5.26 Å². The van der Waals surface area contributed by atoms with E-state index in [-0.39, 0.29) is 5.69 Å². The van der Waals surface area contributed by atoms with Crippen LogP contribution in [0.4, 0.5) is 5.69 Å². The van der Waals surface area contributed by atoms with Gasteiger partial charge in [0.2, 0.25) is 5.41 Å². The number of ether oxygens (including phenoxy) is 1. The lowest BCUT2D eigenvalue weighted by atomic mass is 9.71. The van der Waals surface area contributed by atoms with Gasteiger partial charge in [0.1, 0.15) is 0 Å². The molecule has 0 aliphatic carbocycles. The summed E-state index contributed by atoms with van der Waals surface area (Å²) in [7, 11) is 3.09. The molecule has 0 bridgehead atoms. The van der Waals surface area contributed by atoms with E-state index in [2.05, 4.69) is 6.07 Å². The topological polar surface area (TPSA) is 96.5 Å². The van der Waals surface area contributed by atoms with Crippen LogP contribution in [0.2, 0.25) is 0 Å². The Balaban J connectivity index is 2.07. The third kappa shape index (κ3) is 3.42. The maximum atomic E-state index is 13.4. The third-order valence-electron chi connectivity index (χ3n) is 5.99. The first-order valence-corrected chi connectivity index (χ1v) is 10.3. The number of carbonyl (C=O) groups excluding carboxylic acids is 1. The summed E-state index contributed by atoms with van der Waals surface area (Å²) in [6, 6.07) is 26.3. The fourth-order valence-corrected chi connectivity index (χ4v) is 4.62. The van der Waals surface area contributed by atoms with Crippen LogP contribution in [0.25, 0.3) is 11.3 Å². The Kier molecular flexibility index (Phi) is 5.67. The number of methoxy groups -OCH3 is 1. The van der Waals surface area contributed by atoms with E-state index < -0.39 is 22.3 Å². The van der Waals surface area contributed by atoms with E-state index in [4.69, 9.17) is 4.74 Å². The lowest BCUT2D eigenvalue weighted by Gasteiger charge is -2.33. The molecule has 164 valence electrons. The van der Waals surface area contributed by atoms with Crippen LogP contribution >= 0.6 is 0 Å². The minimum atomic E-state index is -1.66. The Morgan fingerprint density at radius 2 is 1.58 bits per heavy atom. The second-order valence-corrected chi connectivity index (χ2v) is 7.73. The summed E-state index contributed by atoms with van der Waals surface area (Å²) in [5, 5.41) is 21.8. The van der Waals surface area contributed by atoms with E-state index in [9.17, 15) is 20.2 Å². The van der Waals surface area contributed by atoms with Crippen LogP contribution in [-0.4, -0.2) is 29.9 Å². The van der Waals surface area contributed by atoms with E-state index in [1.54, 1.807) is 12.1 Å². The van der Waals surface area contributed by atoms with Crippen molar-refractivity contribution < 1.29 is 14.5 Å². The molecule has 0 N–H and O–H groups in total. The molecular formula is C26H21N3O4. The van der Waals surface area contributed by atoms with Gasteiger partial charge in [-0.25, -0.2) is 4.79 Å². The molecule has 0 saturated carbocycles. The van der Waals surface area contributed by atoms with Crippen LogP contribution in [0.1, 0.15) is 22.7 Å². The number of rotatable bonds is 5. The number of carbonyl (C=O) groups is 1. The second-order valence-electron chi connectivity index (χ2n) is 7.73. The predicted molar refractivity (Wildman–Crippen MR) is 123 cm³/mol. The van der Waals surface area contributed by atoms with Crippen molar-refractivity contribution >= 4 is 22.9 Å². The molecule has 7 nitrogen and oxygen atoms in total. The van der Waals surface area contributed by atoms with Crippen molar-refractivity contribution in [3.8, 4) is 6.07 Å². The summed E-state index contributed by atoms with van der Waals surface area (Å²) in [4.78, 5) is 26.0. The smallest absolute Gasteiger partial charge is 0.333 e. The molecule has 1 aliphatic heterocycles. The molecule has 0 radical (unpaired) electrons. The number of esters is 1. The minimum absolute atomic E-state index is 0.0413. The first kappa shape index (κ1) is 21.8. The molecule has 33 heavy (non-hydrogen) atoms. The van der Waals surface area contributed by atoms with Crippen molar-refractivity contribution in [1.82, 2.24) is 4.90 Å². The maximum absolute atomic E-state index is 13.4. The molecule has 0 fully saturated rings. The summed E-state index contributed by atoms with van der Waals surface area (Å²) in [6.45, 7) is 0. The number of hydrogen-bond donors (Lipinski definition) is 0. The highest BCUT2D eigenvalue weighted by Crippen LogP contribution is 2.58. The Hall–Kier alpha value is -4.44. The zero-order valence-corrected chi connectivity index (χ0v) is 18.1. The monoisotopic (exact) mass is 439 g/mol. The van der Waals surface area contributed by atoms with E-state index in [1.165, 1.54) is 19.2 Å². The van der Waals surface area contributed by atoms with Gasteiger partial charge in [0.05, 0.1) is 29.8 Å². The number of nitriles is 1. The van der Waals surface area contributed by atoms with Gasteiger partial charge in [0, 0.05) is 24.8 Å². The van der Waals surface area contributed by atoms with Crippen molar-refractivity contribution in [2.24, 2.45) is 5.41 Å². The fourth-order valence-electron chi connectivity index (χ4n) is 4.62. The van der Waals surface area contributed by atoms with Crippen molar-refractivity contribution in [3.05, 3.63) is 112 Å². The van der Waals surface area contributed by atoms with Gasteiger partial charge in [0.25, 0.3) is 5.69 Å². The molecule has 0 spiro atoms. The van der Waals surface area contributed by atoms with Crippen LogP contribution in [0.15, 0.2) is 84.9 Å². The first-order chi connectivity index (χ1) is 16.0. The van der Waals surface area contributed by atoms with Crippen molar-refractivity contribution in [2.45, 2.75) is 6.04 Å². The van der Waals surface area contributed by atoms with Gasteiger partial charge < -0.3 is 9.64 Å². The van der Waals surface area contributed by atoms with Gasteiger partial charge in [0.15, 0.2) is 0 Å². The van der Waals surface area contributed by atoms with Crippen LogP contribution in [0, 0.1) is 26.9 Å². The average molecular weight is 439 g/mol. The lowest BCUT2D eigenvalue weighted by Crippen LogP contribution is -2.39. The number of nitro benzene ring substituents is 1. The average Bonchev–Trinajstić information content (AvgIpc) is 3.13. The summed E-state index contributed by atoms with van der Waals surface area (Å²) in [5.74, 6) is -0.665. The fraction of sp³-hybridized carbons (Fsp3) is 0.154. The molecular weight excluding hydrogens is 418 g/mol. The van der Waals surface area contributed by atoms with Crippen LogP contribution < -0.4 is 0 Å². The highest BCUT2D eigenvalue weighted by molar-refractivity contribution is 6.08. The van der Waals surface area contributed by atoms with Crippen molar-refractivity contribution in [2.75, 3.05) is 14.2 Å². The predicted octanol–water partition coefficient (Wildman–Crippen LogP) is 4.83. The van der Waals surface area contributed by atoms with Crippen LogP contribution in [-0.2, 0) is 9.53 Å². The summed E-state index contributed by atoms with van der Waals surface area (Å²) in [5.41, 5.74) is 1.56. The Morgan fingerprint density at radius 1 is 1.00 bits per heavy atom. The SMILES string of the molecule is COC(=O)[C@]1(C#N)C(c2ccccc2)=C(c2ccc([N+](=O)[O-])cc2)N(C)[C@H]1c1ccccc1. The maximum Gasteiger partial charge on any atom is 0.333 e. The number of nitrogens with zero attached hydrogens (tertiary/aromatic N) is 3. The molecule has 0 unspecified atom stereocenters. The summed E-state index contributed by atoms with van der Waals surface area (Å²) < 4.78 is 5.20. The zero-order valence-electron chi connectivity index (χ0n) is 18.1. The molecule has 1 heterocycles. The van der Waals surface area contributed by atoms with Crippen LogP contribution in [0.3, 0.4) is 0 Å². The van der Waals surface area contributed by atoms with E-state index in [1.807, 2.05) is 72.6 Å². The molecule has 2 atom stereocenters. The third-order valence-corrected chi connectivity index (χ3v) is 5.99. The van der Waals surface area contributed by atoms with Gasteiger partial charge in [-0.05, 0) is 28.8 Å². The number of nitro groups is 1. The van der Waals surface area contributed by atoms with E-state index in [0.29, 0.717) is 22.4 Å². The molecule has 0 amide bonds. The molecule has 4 rings (SSSR count). The molecule has 1 aliphatic rings. The quantitative estimate of drug-likeness (QED) is 0.321. The zero-order chi connectivity index (χ0) is 23.6. The normalized spacial score (nSPS) is 19.8. The van der Waals surface area contributed by atoms with Gasteiger partial charge >= 0.3 is 5.97 Å². The first-order valence-electron chi connectivity index (χ1n) is 10.3. The van der Waals surface area contributed by atoms with Crippen LogP contribution in [0.5, 0.6) is 0 Å². The standard InChI is InChI=1S/C26H21N3O4/c1-28-23(19-13-15-21(16-14-19)29(31)32)22(18-9-5-3-6-10-18)26(17-27,25(30)33-2)24(28)20-11-7-4-8-12-20/h3-16,24H,1-2H3/t24-,26+/m0/s1. The lowest BCUT2D eigenvalue weighted by molar-refractivity contribution is -0.384. The summed E-state index contributed by atoms with van der Waals surface area (Å²) >= 11 is 0.